The summed E-state index contributed by atoms with van der Waals surface area (Å²) >= 11 is 0. The summed E-state index contributed by atoms with van der Waals surface area (Å²) in [7, 11) is 0. The lowest BCUT2D eigenvalue weighted by atomic mass is 9.99. The van der Waals surface area contributed by atoms with Gasteiger partial charge in [-0.3, -0.25) is 14.4 Å². The van der Waals surface area contributed by atoms with Crippen molar-refractivity contribution in [3.8, 4) is 0 Å². The third-order valence-electron chi connectivity index (χ3n) is 5.22. The molecule has 2 fully saturated rings. The fraction of sp³-hybridized carbons (Fsp3) is 0.476. The van der Waals surface area contributed by atoms with Gasteiger partial charge in [-0.05, 0) is 43.0 Å². The zero-order valence-electron chi connectivity index (χ0n) is 16.1. The van der Waals surface area contributed by atoms with Gasteiger partial charge < -0.3 is 19.9 Å². The Kier molecular flexibility index (Phi) is 6.81. The average Bonchev–Trinajstić information content (AvgIpc) is 2.77. The SMILES string of the molecule is C=CC(=O)NCc1ccc(C(=O)N2CCCCC2C(=O)N2CCOCC2)cc1. The van der Waals surface area contributed by atoms with Crippen molar-refractivity contribution in [3.63, 3.8) is 0 Å². The van der Waals surface area contributed by atoms with E-state index in [9.17, 15) is 14.4 Å². The van der Waals surface area contributed by atoms with E-state index >= 15 is 0 Å². The van der Waals surface area contributed by atoms with E-state index < -0.39 is 6.04 Å². The van der Waals surface area contributed by atoms with E-state index in [-0.39, 0.29) is 17.7 Å². The van der Waals surface area contributed by atoms with Crippen molar-refractivity contribution in [3.05, 3.63) is 48.0 Å². The van der Waals surface area contributed by atoms with Crippen LogP contribution >= 0.6 is 0 Å². The predicted molar refractivity (Wildman–Crippen MR) is 105 cm³/mol. The monoisotopic (exact) mass is 385 g/mol. The van der Waals surface area contributed by atoms with E-state index in [2.05, 4.69) is 11.9 Å². The highest BCUT2D eigenvalue weighted by Gasteiger charge is 2.35. The number of hydrogen-bond donors (Lipinski definition) is 1. The molecule has 0 saturated carbocycles. The standard InChI is InChI=1S/C21H27N3O4/c1-2-19(25)22-15-16-6-8-17(9-7-16)20(26)24-10-4-3-5-18(24)21(27)23-11-13-28-14-12-23/h2,6-9,18H,1,3-5,10-15H2,(H,22,25). The number of rotatable bonds is 5. The number of carbonyl (C=O) groups is 3. The third-order valence-corrected chi connectivity index (χ3v) is 5.22. The molecule has 7 heteroatoms. The highest BCUT2D eigenvalue weighted by atomic mass is 16.5. The van der Waals surface area contributed by atoms with Crippen LogP contribution in [0.4, 0.5) is 0 Å². The van der Waals surface area contributed by atoms with Gasteiger partial charge >= 0.3 is 0 Å². The van der Waals surface area contributed by atoms with Gasteiger partial charge in [0.2, 0.25) is 11.8 Å². The van der Waals surface area contributed by atoms with Crippen molar-refractivity contribution >= 4 is 17.7 Å². The molecule has 28 heavy (non-hydrogen) atoms. The summed E-state index contributed by atoms with van der Waals surface area (Å²) in [6.45, 7) is 6.66. The molecule has 0 bridgehead atoms. The molecule has 0 aromatic heterocycles. The zero-order valence-corrected chi connectivity index (χ0v) is 16.1. The molecule has 3 amide bonds. The van der Waals surface area contributed by atoms with Crippen LogP contribution in [0.1, 0.15) is 35.2 Å². The summed E-state index contributed by atoms with van der Waals surface area (Å²) in [4.78, 5) is 40.8. The Balaban J connectivity index is 1.67. The largest absolute Gasteiger partial charge is 0.378 e. The molecular formula is C21H27N3O4. The van der Waals surface area contributed by atoms with E-state index in [0.717, 1.165) is 18.4 Å². The molecule has 1 aromatic carbocycles. The van der Waals surface area contributed by atoms with E-state index in [1.54, 1.807) is 17.0 Å². The van der Waals surface area contributed by atoms with Crippen LogP contribution in [0.15, 0.2) is 36.9 Å². The molecule has 2 aliphatic rings. The number of carbonyl (C=O) groups excluding carboxylic acids is 3. The fourth-order valence-electron chi connectivity index (χ4n) is 3.62. The Hall–Kier alpha value is -2.67. The Morgan fingerprint density at radius 1 is 1.11 bits per heavy atom. The molecule has 1 aromatic rings. The number of nitrogens with one attached hydrogen (secondary N) is 1. The van der Waals surface area contributed by atoms with Gasteiger partial charge in [0.1, 0.15) is 6.04 Å². The van der Waals surface area contributed by atoms with E-state index in [0.29, 0.717) is 51.4 Å². The minimum Gasteiger partial charge on any atom is -0.378 e. The van der Waals surface area contributed by atoms with Crippen molar-refractivity contribution in [2.24, 2.45) is 0 Å². The van der Waals surface area contributed by atoms with Crippen molar-refractivity contribution < 1.29 is 19.1 Å². The van der Waals surface area contributed by atoms with Gasteiger partial charge in [0.05, 0.1) is 13.2 Å². The molecule has 1 N–H and O–H groups in total. The van der Waals surface area contributed by atoms with Crippen LogP contribution in [-0.4, -0.2) is 66.4 Å². The molecule has 2 saturated heterocycles. The Morgan fingerprint density at radius 3 is 2.50 bits per heavy atom. The molecule has 0 aliphatic carbocycles. The smallest absolute Gasteiger partial charge is 0.254 e. The number of ether oxygens (including phenoxy) is 1. The lowest BCUT2D eigenvalue weighted by Crippen LogP contribution is -2.55. The maximum atomic E-state index is 13.1. The summed E-state index contributed by atoms with van der Waals surface area (Å²) in [5.74, 6) is -0.328. The van der Waals surface area contributed by atoms with Crippen molar-refractivity contribution in [2.75, 3.05) is 32.8 Å². The number of hydrogen-bond acceptors (Lipinski definition) is 4. The highest BCUT2D eigenvalue weighted by molar-refractivity contribution is 5.97. The fourth-order valence-corrected chi connectivity index (χ4v) is 3.62. The highest BCUT2D eigenvalue weighted by Crippen LogP contribution is 2.22. The Morgan fingerprint density at radius 2 is 1.82 bits per heavy atom. The van der Waals surface area contributed by atoms with Crippen LogP contribution in [-0.2, 0) is 20.9 Å². The molecular weight excluding hydrogens is 358 g/mol. The van der Waals surface area contributed by atoms with Gasteiger partial charge in [-0.2, -0.15) is 0 Å². The summed E-state index contributed by atoms with van der Waals surface area (Å²) in [5.41, 5.74) is 1.45. The van der Waals surface area contributed by atoms with Crippen LogP contribution in [0, 0.1) is 0 Å². The quantitative estimate of drug-likeness (QED) is 0.776. The summed E-state index contributed by atoms with van der Waals surface area (Å²) in [6, 6.07) is 6.75. The first-order valence-electron chi connectivity index (χ1n) is 9.77. The van der Waals surface area contributed by atoms with Crippen LogP contribution in [0.2, 0.25) is 0 Å². The zero-order chi connectivity index (χ0) is 19.9. The van der Waals surface area contributed by atoms with Crippen molar-refractivity contribution in [2.45, 2.75) is 31.8 Å². The summed E-state index contributed by atoms with van der Waals surface area (Å²) < 4.78 is 5.33. The van der Waals surface area contributed by atoms with Crippen LogP contribution in [0.5, 0.6) is 0 Å². The minimum atomic E-state index is -0.397. The topological polar surface area (TPSA) is 79.0 Å². The Bertz CT molecular complexity index is 726. The second-order valence-corrected chi connectivity index (χ2v) is 7.07. The van der Waals surface area contributed by atoms with Crippen LogP contribution < -0.4 is 5.32 Å². The lowest BCUT2D eigenvalue weighted by Gasteiger charge is -2.38. The molecule has 150 valence electrons. The maximum Gasteiger partial charge on any atom is 0.254 e. The van der Waals surface area contributed by atoms with E-state index in [4.69, 9.17) is 4.74 Å². The van der Waals surface area contributed by atoms with Crippen molar-refractivity contribution in [1.82, 2.24) is 15.1 Å². The molecule has 0 spiro atoms. The molecule has 2 aliphatic heterocycles. The Labute approximate surface area is 165 Å². The van der Waals surface area contributed by atoms with Gasteiger partial charge in [-0.1, -0.05) is 18.7 Å². The summed E-state index contributed by atoms with van der Waals surface area (Å²) in [5, 5.41) is 2.71. The molecule has 3 rings (SSSR count). The second kappa shape index (κ2) is 9.50. The first-order valence-corrected chi connectivity index (χ1v) is 9.77. The first kappa shape index (κ1) is 20.1. The normalized spacial score (nSPS) is 19.8. The van der Waals surface area contributed by atoms with Gasteiger partial charge in [0.25, 0.3) is 5.91 Å². The van der Waals surface area contributed by atoms with Gasteiger partial charge in [0.15, 0.2) is 0 Å². The van der Waals surface area contributed by atoms with E-state index in [1.807, 2.05) is 17.0 Å². The van der Waals surface area contributed by atoms with Gasteiger partial charge in [0, 0.05) is 31.7 Å². The number of amides is 3. The molecule has 7 nitrogen and oxygen atoms in total. The number of likely N-dealkylation sites (tertiary alicyclic amines) is 1. The van der Waals surface area contributed by atoms with Crippen molar-refractivity contribution in [1.29, 1.82) is 0 Å². The second-order valence-electron chi connectivity index (χ2n) is 7.07. The maximum absolute atomic E-state index is 13.1. The molecule has 1 unspecified atom stereocenters. The van der Waals surface area contributed by atoms with E-state index in [1.165, 1.54) is 6.08 Å². The average molecular weight is 385 g/mol. The summed E-state index contributed by atoms with van der Waals surface area (Å²) in [6.07, 6.45) is 3.78. The number of nitrogens with zero attached hydrogens (tertiary/aromatic N) is 2. The van der Waals surface area contributed by atoms with Crippen LogP contribution in [0.3, 0.4) is 0 Å². The minimum absolute atomic E-state index is 0.0279. The molecule has 2 heterocycles. The van der Waals surface area contributed by atoms with Gasteiger partial charge in [-0.15, -0.1) is 0 Å². The third kappa shape index (κ3) is 4.78. The first-order chi connectivity index (χ1) is 13.6. The lowest BCUT2D eigenvalue weighted by molar-refractivity contribution is -0.141. The number of piperidine rings is 1. The van der Waals surface area contributed by atoms with Gasteiger partial charge in [-0.25, -0.2) is 0 Å². The molecule has 1 atom stereocenters. The molecule has 0 radical (unpaired) electrons. The number of morpholine rings is 1. The number of benzene rings is 1. The predicted octanol–water partition coefficient (Wildman–Crippen LogP) is 1.34. The van der Waals surface area contributed by atoms with Crippen LogP contribution in [0.25, 0.3) is 0 Å².